The Kier molecular flexibility index (Phi) is 4.98. The number of nitrogens with two attached hydrogens (primary N) is 1. The van der Waals surface area contributed by atoms with Crippen LogP contribution in [0.1, 0.15) is 24.8 Å². The number of piperidine rings is 1. The van der Waals surface area contributed by atoms with Crippen molar-refractivity contribution in [2.24, 2.45) is 11.7 Å². The molecule has 1 aliphatic rings. The van der Waals surface area contributed by atoms with E-state index in [-0.39, 0.29) is 23.0 Å². The van der Waals surface area contributed by atoms with Crippen LogP contribution in [-0.4, -0.2) is 45.3 Å². The Bertz CT molecular complexity index is 505. The van der Waals surface area contributed by atoms with Gasteiger partial charge in [0.25, 0.3) is 0 Å². The zero-order valence-corrected chi connectivity index (χ0v) is 13.2. The van der Waals surface area contributed by atoms with Gasteiger partial charge in [-0.05, 0) is 26.7 Å². The SMILES string of the molecule is Cc1nnc(SC(C)C(=O)N2CCCC(C(N)=O)C2)s1. The van der Waals surface area contributed by atoms with Crippen LogP contribution in [0.3, 0.4) is 0 Å². The molecule has 2 amide bonds. The van der Waals surface area contributed by atoms with E-state index in [1.54, 1.807) is 4.90 Å². The molecule has 1 aromatic heterocycles. The Labute approximate surface area is 126 Å². The van der Waals surface area contributed by atoms with Crippen LogP contribution in [0.2, 0.25) is 0 Å². The van der Waals surface area contributed by atoms with Crippen molar-refractivity contribution in [2.75, 3.05) is 13.1 Å². The predicted octanol–water partition coefficient (Wildman–Crippen LogP) is 1.05. The molecule has 6 nitrogen and oxygen atoms in total. The highest BCUT2D eigenvalue weighted by Gasteiger charge is 2.30. The van der Waals surface area contributed by atoms with Gasteiger partial charge in [0.05, 0.1) is 11.2 Å². The Morgan fingerprint density at radius 2 is 2.25 bits per heavy atom. The Morgan fingerprint density at radius 3 is 2.85 bits per heavy atom. The van der Waals surface area contributed by atoms with Gasteiger partial charge in [-0.3, -0.25) is 9.59 Å². The molecule has 2 unspecified atom stereocenters. The van der Waals surface area contributed by atoms with Crippen LogP contribution in [0.5, 0.6) is 0 Å². The molecule has 2 heterocycles. The molecule has 0 spiro atoms. The smallest absolute Gasteiger partial charge is 0.235 e. The minimum absolute atomic E-state index is 0.0359. The van der Waals surface area contributed by atoms with Gasteiger partial charge in [0.15, 0.2) is 4.34 Å². The van der Waals surface area contributed by atoms with Crippen LogP contribution < -0.4 is 5.73 Å². The molecule has 0 aliphatic carbocycles. The van der Waals surface area contributed by atoms with Gasteiger partial charge in [0.1, 0.15) is 5.01 Å². The fourth-order valence-electron chi connectivity index (χ4n) is 2.19. The summed E-state index contributed by atoms with van der Waals surface area (Å²) >= 11 is 2.89. The van der Waals surface area contributed by atoms with Crippen molar-refractivity contribution in [3.8, 4) is 0 Å². The van der Waals surface area contributed by atoms with E-state index in [0.29, 0.717) is 13.1 Å². The van der Waals surface area contributed by atoms with Crippen LogP contribution >= 0.6 is 23.1 Å². The van der Waals surface area contributed by atoms with Crippen molar-refractivity contribution >= 4 is 34.9 Å². The van der Waals surface area contributed by atoms with Crippen molar-refractivity contribution < 1.29 is 9.59 Å². The summed E-state index contributed by atoms with van der Waals surface area (Å²) < 4.78 is 0.798. The van der Waals surface area contributed by atoms with Crippen LogP contribution in [0.15, 0.2) is 4.34 Å². The normalized spacial score (nSPS) is 20.7. The van der Waals surface area contributed by atoms with Crippen LogP contribution in [0.25, 0.3) is 0 Å². The third kappa shape index (κ3) is 3.69. The number of aryl methyl sites for hydroxylation is 1. The second-order valence-electron chi connectivity index (χ2n) is 4.87. The summed E-state index contributed by atoms with van der Waals surface area (Å²) in [5.74, 6) is -0.495. The van der Waals surface area contributed by atoms with E-state index in [4.69, 9.17) is 5.73 Å². The molecular weight excluding hydrogens is 296 g/mol. The molecule has 1 saturated heterocycles. The number of hydrogen-bond donors (Lipinski definition) is 1. The van der Waals surface area contributed by atoms with E-state index in [1.165, 1.54) is 23.1 Å². The average Bonchev–Trinajstić information content (AvgIpc) is 2.83. The quantitative estimate of drug-likeness (QED) is 0.839. The van der Waals surface area contributed by atoms with Crippen molar-refractivity contribution in [3.63, 3.8) is 0 Å². The zero-order chi connectivity index (χ0) is 14.7. The lowest BCUT2D eigenvalue weighted by Crippen LogP contribution is -2.46. The standard InChI is InChI=1S/C12H18N4O2S2/c1-7(19-12-15-14-8(2)20-12)11(18)16-5-3-4-9(6-16)10(13)17/h7,9H,3-6H2,1-2H3,(H2,13,17). The number of primary amides is 1. The number of carbonyl (C=O) groups excluding carboxylic acids is 2. The monoisotopic (exact) mass is 314 g/mol. The lowest BCUT2D eigenvalue weighted by molar-refractivity contribution is -0.134. The average molecular weight is 314 g/mol. The lowest BCUT2D eigenvalue weighted by Gasteiger charge is -2.32. The van der Waals surface area contributed by atoms with Gasteiger partial charge in [-0.25, -0.2) is 0 Å². The molecule has 2 rings (SSSR count). The van der Waals surface area contributed by atoms with Gasteiger partial charge in [-0.15, -0.1) is 10.2 Å². The molecule has 0 saturated carbocycles. The summed E-state index contributed by atoms with van der Waals surface area (Å²) in [6.45, 7) is 4.88. The van der Waals surface area contributed by atoms with Crippen molar-refractivity contribution in [2.45, 2.75) is 36.3 Å². The maximum absolute atomic E-state index is 12.4. The van der Waals surface area contributed by atoms with Gasteiger partial charge in [0.2, 0.25) is 11.8 Å². The Morgan fingerprint density at radius 1 is 1.50 bits per heavy atom. The summed E-state index contributed by atoms with van der Waals surface area (Å²) in [6, 6.07) is 0. The van der Waals surface area contributed by atoms with E-state index >= 15 is 0 Å². The van der Waals surface area contributed by atoms with Crippen molar-refractivity contribution in [1.29, 1.82) is 0 Å². The maximum Gasteiger partial charge on any atom is 0.235 e. The first kappa shape index (κ1) is 15.2. The van der Waals surface area contributed by atoms with Gasteiger partial charge in [-0.1, -0.05) is 23.1 Å². The molecule has 8 heteroatoms. The van der Waals surface area contributed by atoms with Gasteiger partial charge in [0, 0.05) is 13.1 Å². The first-order chi connectivity index (χ1) is 9.47. The second-order valence-corrected chi connectivity index (χ2v) is 7.64. The summed E-state index contributed by atoms with van der Waals surface area (Å²) in [4.78, 5) is 25.4. The van der Waals surface area contributed by atoms with Crippen molar-refractivity contribution in [3.05, 3.63) is 5.01 Å². The minimum atomic E-state index is -0.317. The number of rotatable bonds is 4. The third-order valence-corrected chi connectivity index (χ3v) is 5.28. The van der Waals surface area contributed by atoms with E-state index in [1.807, 2.05) is 13.8 Å². The van der Waals surface area contributed by atoms with Crippen LogP contribution in [0, 0.1) is 12.8 Å². The molecule has 1 fully saturated rings. The molecule has 1 aliphatic heterocycles. The first-order valence-electron chi connectivity index (χ1n) is 6.52. The molecule has 0 bridgehead atoms. The molecule has 2 N–H and O–H groups in total. The van der Waals surface area contributed by atoms with Crippen LogP contribution in [-0.2, 0) is 9.59 Å². The topological polar surface area (TPSA) is 89.2 Å². The fourth-order valence-corrected chi connectivity index (χ4v) is 4.24. The number of likely N-dealkylation sites (tertiary alicyclic amines) is 1. The number of nitrogens with zero attached hydrogens (tertiary/aromatic N) is 3. The molecular formula is C12H18N4O2S2. The Balaban J connectivity index is 1.94. The fraction of sp³-hybridized carbons (Fsp3) is 0.667. The summed E-state index contributed by atoms with van der Waals surface area (Å²) in [5.41, 5.74) is 5.33. The number of hydrogen-bond acceptors (Lipinski definition) is 6. The predicted molar refractivity (Wildman–Crippen MR) is 78.5 cm³/mol. The molecule has 0 aromatic carbocycles. The summed E-state index contributed by atoms with van der Waals surface area (Å²) in [7, 11) is 0. The van der Waals surface area contributed by atoms with E-state index in [9.17, 15) is 9.59 Å². The first-order valence-corrected chi connectivity index (χ1v) is 8.22. The number of carbonyl (C=O) groups is 2. The van der Waals surface area contributed by atoms with E-state index in [2.05, 4.69) is 10.2 Å². The summed E-state index contributed by atoms with van der Waals surface area (Å²) in [6.07, 6.45) is 1.60. The molecule has 2 atom stereocenters. The number of aromatic nitrogens is 2. The number of amides is 2. The lowest BCUT2D eigenvalue weighted by atomic mass is 9.97. The molecule has 110 valence electrons. The van der Waals surface area contributed by atoms with Crippen LogP contribution in [0.4, 0.5) is 0 Å². The van der Waals surface area contributed by atoms with Gasteiger partial charge >= 0.3 is 0 Å². The zero-order valence-electron chi connectivity index (χ0n) is 11.5. The highest BCUT2D eigenvalue weighted by atomic mass is 32.2. The highest BCUT2D eigenvalue weighted by molar-refractivity contribution is 8.02. The summed E-state index contributed by atoms with van der Waals surface area (Å²) in [5, 5.41) is 8.61. The Hall–Kier alpha value is -1.15. The van der Waals surface area contributed by atoms with Gasteiger partial charge in [-0.2, -0.15) is 0 Å². The molecule has 20 heavy (non-hydrogen) atoms. The van der Waals surface area contributed by atoms with Gasteiger partial charge < -0.3 is 10.6 Å². The second kappa shape index (κ2) is 6.53. The maximum atomic E-state index is 12.4. The molecule has 0 radical (unpaired) electrons. The van der Waals surface area contributed by atoms with E-state index < -0.39 is 0 Å². The third-order valence-electron chi connectivity index (χ3n) is 3.27. The minimum Gasteiger partial charge on any atom is -0.369 e. The van der Waals surface area contributed by atoms with Crippen molar-refractivity contribution in [1.82, 2.24) is 15.1 Å². The number of thioether (sulfide) groups is 1. The van der Waals surface area contributed by atoms with E-state index in [0.717, 1.165) is 22.2 Å². The highest BCUT2D eigenvalue weighted by Crippen LogP contribution is 2.28. The molecule has 1 aromatic rings. The largest absolute Gasteiger partial charge is 0.369 e.